The van der Waals surface area contributed by atoms with Crippen molar-refractivity contribution in [3.63, 3.8) is 0 Å². The highest BCUT2D eigenvalue weighted by Crippen LogP contribution is 2.23. The van der Waals surface area contributed by atoms with Crippen molar-refractivity contribution in [2.45, 2.75) is 38.9 Å². The summed E-state index contributed by atoms with van der Waals surface area (Å²) in [6, 6.07) is 16.6. The molecule has 4 nitrogen and oxygen atoms in total. The zero-order chi connectivity index (χ0) is 19.4. The monoisotopic (exact) mass is 378 g/mol. The van der Waals surface area contributed by atoms with Crippen LogP contribution >= 0.6 is 0 Å². The van der Waals surface area contributed by atoms with Gasteiger partial charge in [-0.3, -0.25) is 0 Å². The molecule has 4 rings (SSSR count). The molecule has 0 atom stereocenters. The maximum Gasteiger partial charge on any atom is 0.139 e. The Kier molecular flexibility index (Phi) is 5.80. The van der Waals surface area contributed by atoms with Crippen LogP contribution in [-0.2, 0) is 14.1 Å². The van der Waals surface area contributed by atoms with Gasteiger partial charge in [0, 0.05) is 48.8 Å². The minimum absolute atomic E-state index is 1.04. The van der Waals surface area contributed by atoms with E-state index in [2.05, 4.69) is 66.6 Å². The van der Waals surface area contributed by atoms with Gasteiger partial charge >= 0.3 is 0 Å². The fourth-order valence-electron chi connectivity index (χ4n) is 4.06. The van der Waals surface area contributed by atoms with Gasteiger partial charge in [0.25, 0.3) is 0 Å². The van der Waals surface area contributed by atoms with E-state index in [0.717, 1.165) is 11.3 Å². The summed E-state index contributed by atoms with van der Waals surface area (Å²) in [5.74, 6) is 0. The SMILES string of the molecule is CC[Si](CC)(CC)c1cc2cccnc2n1C.Cn1ccc2cccnc21. The first kappa shape index (κ1) is 19.4. The topological polar surface area (TPSA) is 35.6 Å². The first-order valence-corrected chi connectivity index (χ1v) is 12.5. The summed E-state index contributed by atoms with van der Waals surface area (Å²) in [6.45, 7) is 7.05. The summed E-state index contributed by atoms with van der Waals surface area (Å²) in [6.07, 6.45) is 5.71. The molecule has 4 heterocycles. The Hall–Kier alpha value is -2.40. The first-order chi connectivity index (χ1) is 13.1. The Balaban J connectivity index is 0.000000177. The second kappa shape index (κ2) is 8.09. The van der Waals surface area contributed by atoms with Gasteiger partial charge in [0.1, 0.15) is 19.4 Å². The van der Waals surface area contributed by atoms with Crippen molar-refractivity contribution >= 4 is 35.5 Å². The molecule has 0 N–H and O–H groups in total. The Bertz CT molecular complexity index is 1020. The minimum Gasteiger partial charge on any atom is -0.337 e. The van der Waals surface area contributed by atoms with Gasteiger partial charge in [-0.2, -0.15) is 0 Å². The Morgan fingerprint density at radius 2 is 1.41 bits per heavy atom. The Morgan fingerprint density at radius 3 is 1.96 bits per heavy atom. The van der Waals surface area contributed by atoms with Crippen molar-refractivity contribution in [3.05, 3.63) is 55.0 Å². The summed E-state index contributed by atoms with van der Waals surface area (Å²) < 4.78 is 4.34. The lowest BCUT2D eigenvalue weighted by Gasteiger charge is -2.28. The predicted molar refractivity (Wildman–Crippen MR) is 118 cm³/mol. The number of hydrogen-bond acceptors (Lipinski definition) is 2. The summed E-state index contributed by atoms with van der Waals surface area (Å²) in [5, 5.41) is 4.06. The molecule has 0 unspecified atom stereocenters. The number of hydrogen-bond donors (Lipinski definition) is 0. The molecule has 0 saturated carbocycles. The van der Waals surface area contributed by atoms with E-state index in [-0.39, 0.29) is 0 Å². The summed E-state index contributed by atoms with van der Waals surface area (Å²) in [7, 11) is 2.87. The maximum atomic E-state index is 4.50. The number of nitrogens with zero attached hydrogens (tertiary/aromatic N) is 4. The number of pyridine rings is 2. The van der Waals surface area contributed by atoms with Crippen LogP contribution in [0.2, 0.25) is 18.1 Å². The lowest BCUT2D eigenvalue weighted by atomic mass is 10.3. The Morgan fingerprint density at radius 1 is 0.815 bits per heavy atom. The molecule has 0 aromatic carbocycles. The molecular weight excluding hydrogens is 348 g/mol. The Labute approximate surface area is 162 Å². The van der Waals surface area contributed by atoms with Crippen molar-refractivity contribution < 1.29 is 0 Å². The van der Waals surface area contributed by atoms with E-state index in [1.807, 2.05) is 42.3 Å². The van der Waals surface area contributed by atoms with Crippen LogP contribution in [0.25, 0.3) is 22.1 Å². The number of aryl methyl sites for hydroxylation is 2. The smallest absolute Gasteiger partial charge is 0.139 e. The van der Waals surface area contributed by atoms with E-state index < -0.39 is 8.07 Å². The third kappa shape index (κ3) is 3.56. The fourth-order valence-corrected chi connectivity index (χ4v) is 7.93. The van der Waals surface area contributed by atoms with Crippen LogP contribution in [0.1, 0.15) is 20.8 Å². The van der Waals surface area contributed by atoms with Crippen molar-refractivity contribution in [1.82, 2.24) is 19.1 Å². The van der Waals surface area contributed by atoms with Crippen molar-refractivity contribution in [1.29, 1.82) is 0 Å². The van der Waals surface area contributed by atoms with Crippen molar-refractivity contribution in [3.8, 4) is 0 Å². The van der Waals surface area contributed by atoms with Crippen LogP contribution in [0, 0.1) is 0 Å². The summed E-state index contributed by atoms with van der Waals surface area (Å²) in [4.78, 5) is 8.71. The quantitative estimate of drug-likeness (QED) is 0.475. The number of rotatable bonds is 4. The van der Waals surface area contributed by atoms with Gasteiger partial charge in [0.2, 0.25) is 0 Å². The zero-order valence-electron chi connectivity index (χ0n) is 17.1. The lowest BCUT2D eigenvalue weighted by molar-refractivity contribution is 0.948. The maximum absolute atomic E-state index is 4.50. The largest absolute Gasteiger partial charge is 0.337 e. The van der Waals surface area contributed by atoms with Crippen LogP contribution < -0.4 is 5.32 Å². The van der Waals surface area contributed by atoms with E-state index in [1.165, 1.54) is 28.9 Å². The molecule has 0 aliphatic rings. The summed E-state index contributed by atoms with van der Waals surface area (Å²) in [5.41, 5.74) is 2.18. The van der Waals surface area contributed by atoms with Gasteiger partial charge in [-0.1, -0.05) is 38.9 Å². The van der Waals surface area contributed by atoms with Crippen LogP contribution in [0.4, 0.5) is 0 Å². The van der Waals surface area contributed by atoms with Crippen LogP contribution in [0.3, 0.4) is 0 Å². The molecule has 0 amide bonds. The first-order valence-electron chi connectivity index (χ1n) is 9.83. The zero-order valence-corrected chi connectivity index (χ0v) is 18.1. The van der Waals surface area contributed by atoms with Crippen LogP contribution in [0.5, 0.6) is 0 Å². The molecule has 0 saturated heterocycles. The fraction of sp³-hybridized carbons (Fsp3) is 0.364. The third-order valence-electron chi connectivity index (χ3n) is 5.99. The molecule has 0 aliphatic carbocycles. The molecule has 5 heteroatoms. The van der Waals surface area contributed by atoms with E-state index in [4.69, 9.17) is 0 Å². The molecule has 0 aliphatic heterocycles. The number of aromatic nitrogens is 4. The average molecular weight is 379 g/mol. The van der Waals surface area contributed by atoms with Gasteiger partial charge in [-0.15, -0.1) is 0 Å². The molecule has 27 heavy (non-hydrogen) atoms. The van der Waals surface area contributed by atoms with Crippen molar-refractivity contribution in [2.75, 3.05) is 0 Å². The van der Waals surface area contributed by atoms with Gasteiger partial charge in [0.15, 0.2) is 0 Å². The molecule has 142 valence electrons. The van der Waals surface area contributed by atoms with E-state index in [1.54, 1.807) is 5.32 Å². The normalized spacial score (nSPS) is 11.6. The van der Waals surface area contributed by atoms with E-state index in [0.29, 0.717) is 0 Å². The second-order valence-electron chi connectivity index (χ2n) is 7.19. The summed E-state index contributed by atoms with van der Waals surface area (Å²) >= 11 is 0. The highest BCUT2D eigenvalue weighted by Gasteiger charge is 2.32. The second-order valence-corrected chi connectivity index (χ2v) is 12.4. The third-order valence-corrected chi connectivity index (χ3v) is 11.6. The minimum atomic E-state index is -1.30. The van der Waals surface area contributed by atoms with Crippen LogP contribution in [0.15, 0.2) is 55.0 Å². The average Bonchev–Trinajstić information content (AvgIpc) is 3.26. The van der Waals surface area contributed by atoms with Crippen LogP contribution in [-0.4, -0.2) is 27.2 Å². The number of fused-ring (bicyclic) bond motifs is 2. The van der Waals surface area contributed by atoms with E-state index >= 15 is 0 Å². The van der Waals surface area contributed by atoms with E-state index in [9.17, 15) is 0 Å². The predicted octanol–water partition coefficient (Wildman–Crippen LogP) is 4.86. The highest BCUT2D eigenvalue weighted by atomic mass is 28.3. The molecule has 0 spiro atoms. The van der Waals surface area contributed by atoms with Crippen molar-refractivity contribution in [2.24, 2.45) is 14.1 Å². The molecule has 0 fully saturated rings. The van der Waals surface area contributed by atoms with Gasteiger partial charge in [-0.05, 0) is 36.4 Å². The standard InChI is InChI=1S/C14H22N2Si.C8H8N2/c1-5-17(6-2,7-3)13-11-12-9-8-10-15-14(12)16(13)4;1-10-6-4-7-3-2-5-9-8(7)10/h8-11H,5-7H2,1-4H3;2-6H,1H3. The molecular formula is C22H30N4Si. The lowest BCUT2D eigenvalue weighted by Crippen LogP contribution is -2.49. The van der Waals surface area contributed by atoms with Gasteiger partial charge in [-0.25, -0.2) is 9.97 Å². The molecule has 0 radical (unpaired) electrons. The van der Waals surface area contributed by atoms with Gasteiger partial charge in [0.05, 0.1) is 0 Å². The van der Waals surface area contributed by atoms with Gasteiger partial charge < -0.3 is 9.13 Å². The highest BCUT2D eigenvalue weighted by molar-refractivity contribution is 6.91. The molecule has 4 aromatic rings. The molecule has 4 aromatic heterocycles. The molecule has 0 bridgehead atoms.